The van der Waals surface area contributed by atoms with Crippen LogP contribution >= 0.6 is 0 Å². The molecule has 7 heteroatoms. The molecule has 0 unspecified atom stereocenters. The van der Waals surface area contributed by atoms with Crippen LogP contribution in [-0.2, 0) is 16.6 Å². The second-order valence-electron chi connectivity index (χ2n) is 6.10. The maximum atomic E-state index is 12.5. The van der Waals surface area contributed by atoms with Crippen LogP contribution in [-0.4, -0.2) is 20.6 Å². The second-order valence-corrected chi connectivity index (χ2v) is 7.85. The van der Waals surface area contributed by atoms with Gasteiger partial charge in [-0.15, -0.1) is 0 Å². The van der Waals surface area contributed by atoms with E-state index in [1.807, 2.05) is 30.3 Å². The van der Waals surface area contributed by atoms with Crippen LogP contribution in [0.2, 0.25) is 0 Å². The topological polar surface area (TPSA) is 90.8 Å². The van der Waals surface area contributed by atoms with Crippen molar-refractivity contribution >= 4 is 27.3 Å². The van der Waals surface area contributed by atoms with Crippen LogP contribution in [0, 0.1) is 0 Å². The molecule has 0 aliphatic heterocycles. The molecule has 0 bridgehead atoms. The van der Waals surface area contributed by atoms with Crippen LogP contribution in [0.4, 0.5) is 11.4 Å². The number of hydrogen-bond acceptors (Lipinski definition) is 5. The highest BCUT2D eigenvalue weighted by Crippen LogP contribution is 2.22. The van der Waals surface area contributed by atoms with E-state index in [4.69, 9.17) is 4.74 Å². The summed E-state index contributed by atoms with van der Waals surface area (Å²) in [5.74, 6) is 0.124. The molecule has 3 aromatic carbocycles. The highest BCUT2D eigenvalue weighted by atomic mass is 32.2. The molecule has 0 aliphatic carbocycles. The van der Waals surface area contributed by atoms with Gasteiger partial charge in [0.1, 0.15) is 12.4 Å². The first-order chi connectivity index (χ1) is 13.4. The molecule has 0 amide bonds. The van der Waals surface area contributed by atoms with Crippen molar-refractivity contribution in [2.45, 2.75) is 6.61 Å². The van der Waals surface area contributed by atoms with Gasteiger partial charge in [-0.1, -0.05) is 48.5 Å². The molecule has 28 heavy (non-hydrogen) atoms. The molecule has 0 aromatic heterocycles. The minimum atomic E-state index is -3.50. The molecule has 144 valence electrons. The maximum absolute atomic E-state index is 12.5. The molecule has 0 aliphatic rings. The van der Waals surface area contributed by atoms with Gasteiger partial charge < -0.3 is 9.84 Å². The van der Waals surface area contributed by atoms with E-state index in [9.17, 15) is 13.5 Å². The Balaban J connectivity index is 1.73. The highest BCUT2D eigenvalue weighted by molar-refractivity contribution is 7.92. The van der Waals surface area contributed by atoms with E-state index in [0.29, 0.717) is 18.0 Å². The van der Waals surface area contributed by atoms with Crippen LogP contribution < -0.4 is 14.6 Å². The molecule has 3 aromatic rings. The van der Waals surface area contributed by atoms with Crippen molar-refractivity contribution in [1.82, 2.24) is 0 Å². The number of ether oxygens (including phenoxy) is 1. The fraction of sp³-hybridized carbons (Fsp3) is 0.0952. The third-order valence-electron chi connectivity index (χ3n) is 3.77. The predicted octanol–water partition coefficient (Wildman–Crippen LogP) is 3.08. The SMILES string of the molecule is CS(=O)(=O)Nc1ccccc1C([O-])=Nc1ccc(OCc2ccccc2)cc1. The van der Waals surface area contributed by atoms with Crippen molar-refractivity contribution in [3.63, 3.8) is 0 Å². The van der Waals surface area contributed by atoms with Crippen molar-refractivity contribution in [2.24, 2.45) is 4.99 Å². The van der Waals surface area contributed by atoms with Gasteiger partial charge in [0.2, 0.25) is 10.0 Å². The van der Waals surface area contributed by atoms with E-state index in [1.54, 1.807) is 36.4 Å². The number of hydrogen-bond donors (Lipinski definition) is 1. The zero-order valence-electron chi connectivity index (χ0n) is 15.2. The first kappa shape index (κ1) is 19.4. The van der Waals surface area contributed by atoms with E-state index in [2.05, 4.69) is 9.71 Å². The third kappa shape index (κ3) is 5.59. The smallest absolute Gasteiger partial charge is 0.229 e. The Bertz CT molecular complexity index is 1060. The molecule has 3 rings (SSSR count). The monoisotopic (exact) mass is 395 g/mol. The molecule has 0 atom stereocenters. The molecule has 0 saturated heterocycles. The van der Waals surface area contributed by atoms with Crippen LogP contribution in [0.15, 0.2) is 83.9 Å². The van der Waals surface area contributed by atoms with Crippen molar-refractivity contribution in [1.29, 1.82) is 0 Å². The number of nitrogens with zero attached hydrogens (tertiary/aromatic N) is 1. The number of nitrogens with one attached hydrogen (secondary N) is 1. The maximum Gasteiger partial charge on any atom is 0.229 e. The van der Waals surface area contributed by atoms with Gasteiger partial charge in [-0.25, -0.2) is 8.42 Å². The standard InChI is InChI=1S/C21H20N2O4S/c1-28(25,26)23-20-10-6-5-9-19(20)21(24)22-17-11-13-18(14-12-17)27-15-16-7-3-2-4-8-16/h2-14,23H,15H2,1H3,(H,22,24)/p-1. The third-order valence-corrected chi connectivity index (χ3v) is 4.36. The van der Waals surface area contributed by atoms with Crippen LogP contribution in [0.5, 0.6) is 5.75 Å². The molecule has 0 fully saturated rings. The average Bonchev–Trinajstić information content (AvgIpc) is 2.67. The van der Waals surface area contributed by atoms with E-state index in [1.165, 1.54) is 12.1 Å². The van der Waals surface area contributed by atoms with Gasteiger partial charge in [-0.3, -0.25) is 9.71 Å². The van der Waals surface area contributed by atoms with Crippen molar-refractivity contribution in [3.05, 3.63) is 90.0 Å². The molecular formula is C21H19N2O4S-. The van der Waals surface area contributed by atoms with Crippen molar-refractivity contribution in [2.75, 3.05) is 11.0 Å². The Kier molecular flexibility index (Phi) is 5.96. The fourth-order valence-electron chi connectivity index (χ4n) is 2.49. The summed E-state index contributed by atoms with van der Waals surface area (Å²) in [5.41, 5.74) is 1.88. The lowest BCUT2D eigenvalue weighted by molar-refractivity contribution is -0.212. The summed E-state index contributed by atoms with van der Waals surface area (Å²) in [5, 5.41) is 12.5. The van der Waals surface area contributed by atoms with Gasteiger partial charge >= 0.3 is 0 Å². The van der Waals surface area contributed by atoms with Gasteiger partial charge in [0.15, 0.2) is 0 Å². The van der Waals surface area contributed by atoms with E-state index >= 15 is 0 Å². The lowest BCUT2D eigenvalue weighted by Gasteiger charge is -2.16. The van der Waals surface area contributed by atoms with Gasteiger partial charge in [-0.2, -0.15) is 0 Å². The fourth-order valence-corrected chi connectivity index (χ4v) is 3.07. The zero-order valence-corrected chi connectivity index (χ0v) is 16.0. The molecule has 1 N–H and O–H groups in total. The average molecular weight is 395 g/mol. The van der Waals surface area contributed by atoms with Crippen molar-refractivity contribution in [3.8, 4) is 5.75 Å². The quantitative estimate of drug-likeness (QED) is 0.492. The number of benzene rings is 3. The predicted molar refractivity (Wildman–Crippen MR) is 108 cm³/mol. The Morgan fingerprint density at radius 1 is 0.964 bits per heavy atom. The molecule has 0 spiro atoms. The number of aliphatic imine (C=N–C) groups is 1. The van der Waals surface area contributed by atoms with Gasteiger partial charge in [0.05, 0.1) is 17.6 Å². The Morgan fingerprint density at radius 2 is 1.61 bits per heavy atom. The highest BCUT2D eigenvalue weighted by Gasteiger charge is 2.07. The first-order valence-electron chi connectivity index (χ1n) is 8.50. The van der Waals surface area contributed by atoms with Gasteiger partial charge in [0, 0.05) is 5.56 Å². The van der Waals surface area contributed by atoms with E-state index in [-0.39, 0.29) is 11.3 Å². The second kappa shape index (κ2) is 8.58. The number of rotatable bonds is 7. The Hall–Kier alpha value is -3.32. The summed E-state index contributed by atoms with van der Waals surface area (Å²) in [6.45, 7) is 0.445. The van der Waals surface area contributed by atoms with Gasteiger partial charge in [-0.05, 0) is 41.8 Å². The number of sulfonamides is 1. The zero-order chi connectivity index (χ0) is 20.0. The number of para-hydroxylation sites is 1. The normalized spacial score (nSPS) is 11.8. The summed E-state index contributed by atoms with van der Waals surface area (Å²) in [6.07, 6.45) is 1.03. The summed E-state index contributed by atoms with van der Waals surface area (Å²) < 4.78 is 31.0. The van der Waals surface area contributed by atoms with Gasteiger partial charge in [0.25, 0.3) is 0 Å². The first-order valence-corrected chi connectivity index (χ1v) is 10.4. The molecule has 6 nitrogen and oxygen atoms in total. The molecule has 0 heterocycles. The molecular weight excluding hydrogens is 376 g/mol. The van der Waals surface area contributed by atoms with E-state index < -0.39 is 15.9 Å². The van der Waals surface area contributed by atoms with Crippen LogP contribution in [0.1, 0.15) is 11.1 Å². The summed E-state index contributed by atoms with van der Waals surface area (Å²) in [4.78, 5) is 4.05. The van der Waals surface area contributed by atoms with Crippen LogP contribution in [0.3, 0.4) is 0 Å². The van der Waals surface area contributed by atoms with Crippen molar-refractivity contribution < 1.29 is 18.3 Å². The summed E-state index contributed by atoms with van der Waals surface area (Å²) >= 11 is 0. The molecule has 0 saturated carbocycles. The minimum Gasteiger partial charge on any atom is -0.858 e. The lowest BCUT2D eigenvalue weighted by Crippen LogP contribution is -2.21. The van der Waals surface area contributed by atoms with Crippen LogP contribution in [0.25, 0.3) is 0 Å². The minimum absolute atomic E-state index is 0.178. The largest absolute Gasteiger partial charge is 0.858 e. The number of anilines is 1. The molecule has 0 radical (unpaired) electrons. The lowest BCUT2D eigenvalue weighted by atomic mass is 10.2. The Morgan fingerprint density at radius 3 is 2.29 bits per heavy atom. The Labute approximate surface area is 164 Å². The summed E-state index contributed by atoms with van der Waals surface area (Å²) in [6, 6.07) is 22.9. The summed E-state index contributed by atoms with van der Waals surface area (Å²) in [7, 11) is -3.50. The van der Waals surface area contributed by atoms with E-state index in [0.717, 1.165) is 11.8 Å².